The van der Waals surface area contributed by atoms with Gasteiger partial charge in [-0.3, -0.25) is 9.59 Å². The zero-order chi connectivity index (χ0) is 18.5. The number of sulfonamides is 1. The Balaban J connectivity index is 2.98. The number of amides is 2. The van der Waals surface area contributed by atoms with Gasteiger partial charge in [-0.05, 0) is 32.0 Å². The predicted octanol–water partition coefficient (Wildman–Crippen LogP) is 1.23. The maximum atomic E-state index is 12.5. The van der Waals surface area contributed by atoms with Crippen molar-refractivity contribution in [2.45, 2.75) is 31.7 Å². The highest BCUT2D eigenvalue weighted by Crippen LogP contribution is 2.23. The van der Waals surface area contributed by atoms with Gasteiger partial charge in [-0.15, -0.1) is 0 Å². The fourth-order valence-corrected chi connectivity index (χ4v) is 3.39. The summed E-state index contributed by atoms with van der Waals surface area (Å²) in [4.78, 5) is 22.9. The first-order chi connectivity index (χ1) is 11.1. The average Bonchev–Trinajstić information content (AvgIpc) is 2.50. The van der Waals surface area contributed by atoms with Crippen LogP contribution < -0.4 is 10.6 Å². The third-order valence-electron chi connectivity index (χ3n) is 3.37. The second-order valence-electron chi connectivity index (χ2n) is 5.50. The smallest absolute Gasteiger partial charge is 0.252 e. The summed E-state index contributed by atoms with van der Waals surface area (Å²) in [5.74, 6) is -0.707. The van der Waals surface area contributed by atoms with E-state index in [1.54, 1.807) is 13.8 Å². The SMILES string of the molecule is CC(=O)NCCNC(=O)c1cc(S(=O)(=O)N(C)C(C)C)ccc1Cl. The second kappa shape index (κ2) is 8.46. The first kappa shape index (κ1) is 20.4. The van der Waals surface area contributed by atoms with Gasteiger partial charge in [0.15, 0.2) is 0 Å². The van der Waals surface area contributed by atoms with Gasteiger partial charge in [-0.2, -0.15) is 4.31 Å². The normalized spacial score (nSPS) is 11.6. The Kier molecular flexibility index (Phi) is 7.19. The molecule has 0 atom stereocenters. The average molecular weight is 376 g/mol. The van der Waals surface area contributed by atoms with E-state index in [0.717, 1.165) is 0 Å². The molecule has 0 aliphatic heterocycles. The van der Waals surface area contributed by atoms with E-state index in [4.69, 9.17) is 11.6 Å². The number of benzene rings is 1. The van der Waals surface area contributed by atoms with Crippen molar-refractivity contribution in [3.8, 4) is 0 Å². The van der Waals surface area contributed by atoms with Crippen LogP contribution in [0.25, 0.3) is 0 Å². The third kappa shape index (κ3) is 5.19. The van der Waals surface area contributed by atoms with E-state index in [1.165, 1.54) is 36.5 Å². The minimum absolute atomic E-state index is 0.00453. The highest BCUT2D eigenvalue weighted by molar-refractivity contribution is 7.89. The molecule has 0 saturated carbocycles. The van der Waals surface area contributed by atoms with E-state index in [2.05, 4.69) is 10.6 Å². The minimum atomic E-state index is -3.71. The summed E-state index contributed by atoms with van der Waals surface area (Å²) in [7, 11) is -2.24. The number of carbonyl (C=O) groups excluding carboxylic acids is 2. The van der Waals surface area contributed by atoms with Gasteiger partial charge in [0.05, 0.1) is 15.5 Å². The lowest BCUT2D eigenvalue weighted by atomic mass is 10.2. The molecule has 0 aliphatic carbocycles. The number of hydrogen-bond donors (Lipinski definition) is 2. The van der Waals surface area contributed by atoms with Crippen molar-refractivity contribution < 1.29 is 18.0 Å². The molecule has 0 fully saturated rings. The van der Waals surface area contributed by atoms with Crippen molar-refractivity contribution in [1.29, 1.82) is 0 Å². The maximum absolute atomic E-state index is 12.5. The summed E-state index contributed by atoms with van der Waals surface area (Å²) < 4.78 is 26.2. The van der Waals surface area contributed by atoms with Gasteiger partial charge in [0, 0.05) is 33.1 Å². The first-order valence-electron chi connectivity index (χ1n) is 7.37. The summed E-state index contributed by atoms with van der Waals surface area (Å²) in [6, 6.07) is 3.78. The fourth-order valence-electron chi connectivity index (χ4n) is 1.79. The number of carbonyl (C=O) groups is 2. The van der Waals surface area contributed by atoms with Crippen LogP contribution in [-0.4, -0.2) is 50.7 Å². The number of nitrogens with zero attached hydrogens (tertiary/aromatic N) is 1. The van der Waals surface area contributed by atoms with Crippen molar-refractivity contribution in [3.63, 3.8) is 0 Å². The van der Waals surface area contributed by atoms with Crippen LogP contribution in [0.5, 0.6) is 0 Å². The minimum Gasteiger partial charge on any atom is -0.355 e. The van der Waals surface area contributed by atoms with Crippen LogP contribution in [0.3, 0.4) is 0 Å². The standard InChI is InChI=1S/C15H22ClN3O4S/c1-10(2)19(4)24(22,23)12-5-6-14(16)13(9-12)15(21)18-8-7-17-11(3)20/h5-6,9-10H,7-8H2,1-4H3,(H,17,20)(H,18,21). The molecular weight excluding hydrogens is 354 g/mol. The molecule has 0 aromatic heterocycles. The molecule has 0 unspecified atom stereocenters. The molecule has 0 heterocycles. The van der Waals surface area contributed by atoms with Gasteiger partial charge in [-0.1, -0.05) is 11.6 Å². The van der Waals surface area contributed by atoms with Crippen LogP contribution in [0.1, 0.15) is 31.1 Å². The van der Waals surface area contributed by atoms with E-state index < -0.39 is 15.9 Å². The van der Waals surface area contributed by atoms with Crippen molar-refractivity contribution in [3.05, 3.63) is 28.8 Å². The van der Waals surface area contributed by atoms with Crippen LogP contribution in [0, 0.1) is 0 Å². The van der Waals surface area contributed by atoms with Gasteiger partial charge in [0.1, 0.15) is 0 Å². The first-order valence-corrected chi connectivity index (χ1v) is 9.19. The Morgan fingerprint density at radius 1 is 1.21 bits per heavy atom. The van der Waals surface area contributed by atoms with Crippen LogP contribution in [0.15, 0.2) is 23.1 Å². The molecular formula is C15H22ClN3O4S. The third-order valence-corrected chi connectivity index (χ3v) is 5.73. The van der Waals surface area contributed by atoms with E-state index in [1.807, 2.05) is 0 Å². The lowest BCUT2D eigenvalue weighted by Crippen LogP contribution is -2.34. The molecule has 0 radical (unpaired) electrons. The maximum Gasteiger partial charge on any atom is 0.252 e. The zero-order valence-electron chi connectivity index (χ0n) is 14.1. The van der Waals surface area contributed by atoms with E-state index in [0.29, 0.717) is 0 Å². The monoisotopic (exact) mass is 375 g/mol. The van der Waals surface area contributed by atoms with Gasteiger partial charge in [0.25, 0.3) is 5.91 Å². The van der Waals surface area contributed by atoms with Gasteiger partial charge in [-0.25, -0.2) is 8.42 Å². The topological polar surface area (TPSA) is 95.6 Å². The van der Waals surface area contributed by atoms with Gasteiger partial charge < -0.3 is 10.6 Å². The van der Waals surface area contributed by atoms with Crippen LogP contribution in [-0.2, 0) is 14.8 Å². The van der Waals surface area contributed by atoms with E-state index in [9.17, 15) is 18.0 Å². The fraction of sp³-hybridized carbons (Fsp3) is 0.467. The summed E-state index contributed by atoms with van der Waals surface area (Å²) in [6.07, 6.45) is 0. The molecule has 7 nitrogen and oxygen atoms in total. The van der Waals surface area contributed by atoms with Gasteiger partial charge >= 0.3 is 0 Å². The Labute approximate surface area is 147 Å². The Morgan fingerprint density at radius 2 is 1.79 bits per heavy atom. The molecule has 1 rings (SSSR count). The van der Waals surface area contributed by atoms with E-state index >= 15 is 0 Å². The number of nitrogens with one attached hydrogen (secondary N) is 2. The lowest BCUT2D eigenvalue weighted by Gasteiger charge is -2.21. The number of halogens is 1. The molecule has 134 valence electrons. The lowest BCUT2D eigenvalue weighted by molar-refractivity contribution is -0.118. The largest absolute Gasteiger partial charge is 0.355 e. The molecule has 9 heteroatoms. The van der Waals surface area contributed by atoms with Crippen LogP contribution in [0.2, 0.25) is 5.02 Å². The van der Waals surface area contributed by atoms with Crippen molar-refractivity contribution in [2.24, 2.45) is 0 Å². The molecule has 1 aromatic rings. The molecule has 0 bridgehead atoms. The molecule has 0 aliphatic rings. The van der Waals surface area contributed by atoms with Gasteiger partial charge in [0.2, 0.25) is 15.9 Å². The summed E-state index contributed by atoms with van der Waals surface area (Å²) in [5.41, 5.74) is 0.0673. The predicted molar refractivity (Wildman–Crippen MR) is 92.6 cm³/mol. The van der Waals surface area contributed by atoms with Crippen molar-refractivity contribution >= 4 is 33.4 Å². The second-order valence-corrected chi connectivity index (χ2v) is 7.90. The molecule has 0 saturated heterocycles. The summed E-state index contributed by atoms with van der Waals surface area (Å²) >= 11 is 6.01. The number of rotatable bonds is 7. The summed E-state index contributed by atoms with van der Waals surface area (Å²) in [5, 5.41) is 5.27. The Hall–Kier alpha value is -1.64. The van der Waals surface area contributed by atoms with Crippen molar-refractivity contribution in [2.75, 3.05) is 20.1 Å². The molecule has 2 amide bonds. The molecule has 2 N–H and O–H groups in total. The van der Waals surface area contributed by atoms with Crippen LogP contribution >= 0.6 is 11.6 Å². The highest BCUT2D eigenvalue weighted by atomic mass is 35.5. The molecule has 0 spiro atoms. The Bertz CT molecular complexity index is 719. The Morgan fingerprint density at radius 3 is 2.33 bits per heavy atom. The van der Waals surface area contributed by atoms with Crippen LogP contribution in [0.4, 0.5) is 0 Å². The van der Waals surface area contributed by atoms with E-state index in [-0.39, 0.29) is 40.5 Å². The zero-order valence-corrected chi connectivity index (χ0v) is 15.7. The number of hydrogen-bond acceptors (Lipinski definition) is 4. The highest BCUT2D eigenvalue weighted by Gasteiger charge is 2.24. The summed E-state index contributed by atoms with van der Waals surface area (Å²) in [6.45, 7) is 5.36. The molecule has 24 heavy (non-hydrogen) atoms. The molecule has 1 aromatic carbocycles. The van der Waals surface area contributed by atoms with Crippen molar-refractivity contribution in [1.82, 2.24) is 14.9 Å². The quantitative estimate of drug-likeness (QED) is 0.701.